The van der Waals surface area contributed by atoms with Crippen LogP contribution in [-0.2, 0) is 35.0 Å². The quantitative estimate of drug-likeness (QED) is 0.139. The molecule has 0 radical (unpaired) electrons. The van der Waals surface area contributed by atoms with Gasteiger partial charge in [0.1, 0.15) is 11.6 Å². The molecular formula is C32H42BrN3O7. The van der Waals surface area contributed by atoms with Crippen LogP contribution in [0.4, 0.5) is 0 Å². The van der Waals surface area contributed by atoms with Gasteiger partial charge in [0.25, 0.3) is 0 Å². The fraction of sp³-hybridized carbons (Fsp3) is 0.594. The van der Waals surface area contributed by atoms with Crippen molar-refractivity contribution in [2.75, 3.05) is 59.2 Å². The van der Waals surface area contributed by atoms with Gasteiger partial charge in [-0.2, -0.15) is 0 Å². The van der Waals surface area contributed by atoms with Crippen molar-refractivity contribution in [2.45, 2.75) is 47.9 Å². The van der Waals surface area contributed by atoms with Crippen molar-refractivity contribution in [2.24, 2.45) is 11.8 Å². The molecule has 0 aliphatic carbocycles. The van der Waals surface area contributed by atoms with Gasteiger partial charge in [0, 0.05) is 37.6 Å². The smallest absolute Gasteiger partial charge is 0.312 e. The fourth-order valence-electron chi connectivity index (χ4n) is 7.19. The number of halogens is 1. The van der Waals surface area contributed by atoms with E-state index in [2.05, 4.69) is 34.0 Å². The minimum Gasteiger partial charge on any atom is -0.465 e. The number of benzene rings is 1. The predicted octanol–water partition coefficient (Wildman–Crippen LogP) is 1.80. The second-order valence-corrected chi connectivity index (χ2v) is 12.9. The van der Waals surface area contributed by atoms with E-state index in [-0.39, 0.29) is 29.9 Å². The molecule has 4 aliphatic rings. The monoisotopic (exact) mass is 659 g/mol. The summed E-state index contributed by atoms with van der Waals surface area (Å²) in [5.74, 6) is -2.90. The molecule has 3 unspecified atom stereocenters. The first kappa shape index (κ1) is 31.8. The summed E-state index contributed by atoms with van der Waals surface area (Å²) in [7, 11) is 0. The maximum Gasteiger partial charge on any atom is 0.312 e. The van der Waals surface area contributed by atoms with Gasteiger partial charge in [0.05, 0.1) is 50.4 Å². The average Bonchev–Trinajstić information content (AvgIpc) is 3.62. The highest BCUT2D eigenvalue weighted by atomic mass is 79.9. The van der Waals surface area contributed by atoms with Gasteiger partial charge in [-0.3, -0.25) is 19.3 Å². The SMILES string of the molecule is C=CCCOC(=O)[C@H]1[C@@H]2OC3(CC2Br)C(C(=O)N(CC=C)CCN2CCOCC2)N([C@@H](CO)Cc2ccccc2)C(=O)[C@H]13. The van der Waals surface area contributed by atoms with E-state index in [0.29, 0.717) is 52.1 Å². The molecule has 2 bridgehead atoms. The van der Waals surface area contributed by atoms with Gasteiger partial charge in [0.15, 0.2) is 0 Å². The Kier molecular flexibility index (Phi) is 10.4. The summed E-state index contributed by atoms with van der Waals surface area (Å²) >= 11 is 3.70. The van der Waals surface area contributed by atoms with E-state index in [0.717, 1.165) is 18.7 Å². The van der Waals surface area contributed by atoms with Crippen LogP contribution in [-0.4, -0.2) is 125 Å². The largest absolute Gasteiger partial charge is 0.465 e. The molecule has 4 aliphatic heterocycles. The van der Waals surface area contributed by atoms with Crippen molar-refractivity contribution in [1.29, 1.82) is 0 Å². The third kappa shape index (κ3) is 6.20. The molecule has 4 fully saturated rings. The highest BCUT2D eigenvalue weighted by Crippen LogP contribution is 2.60. The van der Waals surface area contributed by atoms with Crippen molar-refractivity contribution < 1.29 is 33.7 Å². The van der Waals surface area contributed by atoms with Crippen molar-refractivity contribution in [1.82, 2.24) is 14.7 Å². The van der Waals surface area contributed by atoms with Gasteiger partial charge < -0.3 is 29.1 Å². The zero-order valence-electron chi connectivity index (χ0n) is 24.5. The topological polar surface area (TPSA) is 109 Å². The molecule has 43 heavy (non-hydrogen) atoms. The molecule has 1 N–H and O–H groups in total. The molecule has 4 saturated heterocycles. The Hall–Kier alpha value is -2.57. The number of carbonyl (C=O) groups excluding carboxylic acids is 3. The number of rotatable bonds is 14. The number of aliphatic hydroxyl groups is 1. The minimum absolute atomic E-state index is 0.153. The molecule has 1 aromatic rings. The first-order valence-corrected chi connectivity index (χ1v) is 16.0. The van der Waals surface area contributed by atoms with Gasteiger partial charge in [-0.15, -0.1) is 13.2 Å². The van der Waals surface area contributed by atoms with E-state index in [9.17, 15) is 19.5 Å². The number of esters is 1. The van der Waals surface area contributed by atoms with Gasteiger partial charge in [-0.05, 0) is 24.8 Å². The normalized spacial score (nSPS) is 30.6. The van der Waals surface area contributed by atoms with Crippen LogP contribution >= 0.6 is 15.9 Å². The maximum absolute atomic E-state index is 14.7. The highest BCUT2D eigenvalue weighted by molar-refractivity contribution is 9.09. The lowest BCUT2D eigenvalue weighted by atomic mass is 9.70. The van der Waals surface area contributed by atoms with Crippen molar-refractivity contribution >= 4 is 33.7 Å². The minimum atomic E-state index is -1.24. The van der Waals surface area contributed by atoms with E-state index in [1.807, 2.05) is 30.3 Å². The summed E-state index contributed by atoms with van der Waals surface area (Å²) in [6.45, 7) is 11.6. The van der Waals surface area contributed by atoms with Gasteiger partial charge >= 0.3 is 5.97 Å². The number of hydrogen-bond donors (Lipinski definition) is 1. The van der Waals surface area contributed by atoms with Crippen LogP contribution in [0.2, 0.25) is 0 Å². The number of ether oxygens (including phenoxy) is 3. The summed E-state index contributed by atoms with van der Waals surface area (Å²) in [6, 6.07) is 7.86. The molecular weight excluding hydrogens is 618 g/mol. The maximum atomic E-state index is 14.7. The Morgan fingerprint density at radius 2 is 1.95 bits per heavy atom. The summed E-state index contributed by atoms with van der Waals surface area (Å²) < 4.78 is 17.7. The standard InChI is InChI=1S/C32H42BrN3O7/c1-3-5-16-42-31(40)25-26-29(38)36(23(21-37)19-22-9-7-6-8-10-22)28(32(26)20-24(33)27(25)43-32)30(39)35(11-4-2)13-12-34-14-17-41-18-15-34/h3-4,6-10,23-28,37H,1-2,5,11-21H2/t23-,24?,25-,26+,27-,28?,32?/m1/s1. The number of hydrogen-bond acceptors (Lipinski definition) is 8. The molecule has 11 heteroatoms. The Morgan fingerprint density at radius 3 is 2.63 bits per heavy atom. The number of alkyl halides is 1. The van der Waals surface area contributed by atoms with Crippen LogP contribution < -0.4 is 0 Å². The number of aliphatic hydroxyl groups excluding tert-OH is 1. The van der Waals surface area contributed by atoms with Gasteiger partial charge in [-0.25, -0.2) is 0 Å². The summed E-state index contributed by atoms with van der Waals surface area (Å²) in [6.07, 6.45) is 3.96. The summed E-state index contributed by atoms with van der Waals surface area (Å²) in [4.78, 5) is 47.9. The molecule has 234 valence electrons. The Bertz CT molecular complexity index is 1180. The van der Waals surface area contributed by atoms with Crippen molar-refractivity contribution in [3.63, 3.8) is 0 Å². The second-order valence-electron chi connectivity index (χ2n) is 11.7. The van der Waals surface area contributed by atoms with E-state index in [1.165, 1.54) is 4.90 Å². The summed E-state index contributed by atoms with van der Waals surface area (Å²) in [5, 5.41) is 10.7. The number of carbonyl (C=O) groups is 3. The molecule has 0 saturated carbocycles. The highest BCUT2D eigenvalue weighted by Gasteiger charge is 2.77. The molecule has 5 rings (SSSR count). The first-order chi connectivity index (χ1) is 20.9. The predicted molar refractivity (Wildman–Crippen MR) is 163 cm³/mol. The zero-order chi connectivity index (χ0) is 30.6. The van der Waals surface area contributed by atoms with Crippen molar-refractivity contribution in [3.8, 4) is 0 Å². The van der Waals surface area contributed by atoms with Crippen molar-refractivity contribution in [3.05, 3.63) is 61.2 Å². The second kappa shape index (κ2) is 14.0. The number of morpholine rings is 1. The third-order valence-corrected chi connectivity index (χ3v) is 10.0. The van der Waals surface area contributed by atoms with E-state index in [1.54, 1.807) is 17.1 Å². The number of likely N-dealkylation sites (tertiary alicyclic amines) is 1. The average molecular weight is 661 g/mol. The Labute approximate surface area is 261 Å². The molecule has 4 heterocycles. The zero-order valence-corrected chi connectivity index (χ0v) is 26.1. The van der Waals surface area contributed by atoms with E-state index in [4.69, 9.17) is 14.2 Å². The van der Waals surface area contributed by atoms with Crippen LogP contribution in [0.5, 0.6) is 0 Å². The van der Waals surface area contributed by atoms with Crippen LogP contribution in [0.3, 0.4) is 0 Å². The lowest BCUT2D eigenvalue weighted by molar-refractivity contribution is -0.156. The third-order valence-electron chi connectivity index (χ3n) is 9.17. The van der Waals surface area contributed by atoms with Crippen LogP contribution in [0.1, 0.15) is 18.4 Å². The molecule has 1 aromatic carbocycles. The molecule has 10 nitrogen and oxygen atoms in total. The lowest BCUT2D eigenvalue weighted by Gasteiger charge is -2.40. The molecule has 1 spiro atoms. The molecule has 2 amide bonds. The van der Waals surface area contributed by atoms with Gasteiger partial charge in [0.2, 0.25) is 11.8 Å². The van der Waals surface area contributed by atoms with E-state index >= 15 is 0 Å². The number of amides is 2. The number of nitrogens with zero attached hydrogens (tertiary/aromatic N) is 3. The fourth-order valence-corrected chi connectivity index (χ4v) is 8.14. The molecule has 7 atom stereocenters. The Morgan fingerprint density at radius 1 is 1.21 bits per heavy atom. The van der Waals surface area contributed by atoms with Crippen LogP contribution in [0.15, 0.2) is 55.6 Å². The van der Waals surface area contributed by atoms with Crippen LogP contribution in [0.25, 0.3) is 0 Å². The summed E-state index contributed by atoms with van der Waals surface area (Å²) in [5.41, 5.74) is -0.313. The molecule has 0 aromatic heterocycles. The lowest BCUT2D eigenvalue weighted by Crippen LogP contribution is -2.60. The first-order valence-electron chi connectivity index (χ1n) is 15.1. The number of fused-ring (bicyclic) bond motifs is 1. The van der Waals surface area contributed by atoms with Crippen LogP contribution in [0, 0.1) is 11.8 Å². The van der Waals surface area contributed by atoms with Gasteiger partial charge in [-0.1, -0.05) is 58.4 Å². The Balaban J connectivity index is 1.50. The van der Waals surface area contributed by atoms with E-state index < -0.39 is 41.6 Å².